The quantitative estimate of drug-likeness (QED) is 0.365. The lowest BCUT2D eigenvalue weighted by Gasteiger charge is -1.95. The number of amides is 1. The van der Waals surface area contributed by atoms with Gasteiger partial charge in [0.05, 0.1) is 10.2 Å². The second kappa shape index (κ2) is 1.63. The molecule has 3 nitrogen and oxygen atoms in total. The number of rotatable bonds is 0. The smallest absolute Gasteiger partial charge is 0.247 e. The first-order valence-corrected chi connectivity index (χ1v) is 3.35. The molecule has 1 fully saturated rings. The molecule has 4 heteroatoms. The van der Waals surface area contributed by atoms with Gasteiger partial charge in [0.15, 0.2) is 0 Å². The molecule has 1 N–H and O–H groups in total. The van der Waals surface area contributed by atoms with Gasteiger partial charge in [0, 0.05) is 0 Å². The third-order valence-electron chi connectivity index (χ3n) is 0.829. The first-order chi connectivity index (χ1) is 3.29. The van der Waals surface area contributed by atoms with Crippen LogP contribution in [0, 0.1) is 0 Å². The van der Waals surface area contributed by atoms with Gasteiger partial charge < -0.3 is 10.1 Å². The molecular formula is C3H7NO2Si. The fraction of sp³-hybridized carbons (Fsp3) is 0.667. The van der Waals surface area contributed by atoms with Crippen LogP contribution in [0.15, 0.2) is 0 Å². The largest absolute Gasteiger partial charge is 0.353 e. The van der Waals surface area contributed by atoms with Crippen LogP contribution in [0.3, 0.4) is 0 Å². The van der Waals surface area contributed by atoms with Crippen LogP contribution in [0.4, 0.5) is 0 Å². The van der Waals surface area contributed by atoms with E-state index in [4.69, 9.17) is 4.74 Å². The van der Waals surface area contributed by atoms with E-state index in [0.717, 1.165) is 10.2 Å². The highest BCUT2D eigenvalue weighted by Crippen LogP contribution is 1.88. The Bertz CT molecular complexity index is 94.9. The van der Waals surface area contributed by atoms with Crippen LogP contribution in [0.1, 0.15) is 0 Å². The van der Waals surface area contributed by atoms with Crippen LogP contribution >= 0.6 is 0 Å². The third kappa shape index (κ3) is 1.00. The van der Waals surface area contributed by atoms with E-state index in [0.29, 0.717) is 0 Å². The number of nitrogens with one attached hydrogen (secondary N) is 1. The average Bonchev–Trinajstić information content (AvgIpc) is 1.87. The van der Waals surface area contributed by atoms with Crippen LogP contribution in [0.5, 0.6) is 0 Å². The van der Waals surface area contributed by atoms with Crippen molar-refractivity contribution in [2.24, 2.45) is 0 Å². The van der Waals surface area contributed by atoms with Crippen molar-refractivity contribution in [2.75, 3.05) is 6.61 Å². The van der Waals surface area contributed by atoms with Gasteiger partial charge in [-0.2, -0.15) is 0 Å². The van der Waals surface area contributed by atoms with Crippen LogP contribution < -0.4 is 5.32 Å². The average molecular weight is 117 g/mol. The Morgan fingerprint density at radius 3 is 2.86 bits per heavy atom. The lowest BCUT2D eigenvalue weighted by Crippen LogP contribution is -2.25. The van der Waals surface area contributed by atoms with Crippen LogP contribution in [-0.2, 0) is 9.53 Å². The molecule has 1 atom stereocenters. The standard InChI is InChI=1S/C3H7NO2Si/c5-2-1-6-3(7)4-2/h3H,1H2,7H3,(H,4,5). The van der Waals surface area contributed by atoms with Gasteiger partial charge in [0.25, 0.3) is 0 Å². The van der Waals surface area contributed by atoms with E-state index >= 15 is 0 Å². The molecule has 0 aromatic heterocycles. The SMILES string of the molecule is O=C1COC([SiH3])N1. The Kier molecular flexibility index (Phi) is 1.12. The summed E-state index contributed by atoms with van der Waals surface area (Å²) in [4.78, 5) is 10.2. The van der Waals surface area contributed by atoms with Crippen molar-refractivity contribution in [1.82, 2.24) is 5.32 Å². The predicted octanol–water partition coefficient (Wildman–Crippen LogP) is -2.22. The number of hydrogen-bond acceptors (Lipinski definition) is 2. The summed E-state index contributed by atoms with van der Waals surface area (Å²) in [6.07, 6.45) is 0. The van der Waals surface area contributed by atoms with Crippen molar-refractivity contribution in [1.29, 1.82) is 0 Å². The zero-order valence-electron chi connectivity index (χ0n) is 4.10. The maximum Gasteiger partial charge on any atom is 0.247 e. The molecule has 40 valence electrons. The molecule has 1 saturated heterocycles. The molecule has 1 unspecified atom stereocenters. The topological polar surface area (TPSA) is 38.3 Å². The molecule has 0 aromatic carbocycles. The molecule has 0 aromatic rings. The predicted molar refractivity (Wildman–Crippen MR) is 27.8 cm³/mol. The van der Waals surface area contributed by atoms with Crippen LogP contribution in [0.2, 0.25) is 0 Å². The van der Waals surface area contributed by atoms with E-state index < -0.39 is 0 Å². The Hall–Kier alpha value is -0.353. The Morgan fingerprint density at radius 1 is 2.00 bits per heavy atom. The summed E-state index contributed by atoms with van der Waals surface area (Å²) >= 11 is 0. The van der Waals surface area contributed by atoms with Crippen LogP contribution in [-0.4, -0.2) is 28.6 Å². The Labute approximate surface area is 44.5 Å². The highest BCUT2D eigenvalue weighted by atomic mass is 28.1. The van der Waals surface area contributed by atoms with Crippen molar-refractivity contribution in [3.8, 4) is 0 Å². The van der Waals surface area contributed by atoms with Gasteiger partial charge in [-0.05, 0) is 0 Å². The highest BCUT2D eigenvalue weighted by molar-refractivity contribution is 6.12. The Morgan fingerprint density at radius 2 is 2.71 bits per heavy atom. The van der Waals surface area contributed by atoms with E-state index in [-0.39, 0.29) is 18.4 Å². The van der Waals surface area contributed by atoms with E-state index in [1.165, 1.54) is 0 Å². The second-order valence-electron chi connectivity index (χ2n) is 1.52. The maximum atomic E-state index is 10.2. The monoisotopic (exact) mass is 117 g/mol. The fourth-order valence-electron chi connectivity index (χ4n) is 0.511. The van der Waals surface area contributed by atoms with Crippen molar-refractivity contribution in [2.45, 2.75) is 5.85 Å². The fourth-order valence-corrected chi connectivity index (χ4v) is 0.999. The van der Waals surface area contributed by atoms with Gasteiger partial charge in [-0.25, -0.2) is 0 Å². The molecule has 1 aliphatic heterocycles. The molecule has 0 saturated carbocycles. The molecule has 1 rings (SSSR count). The van der Waals surface area contributed by atoms with E-state index in [9.17, 15) is 4.79 Å². The minimum absolute atomic E-state index is 0.0139. The number of hydrogen-bond donors (Lipinski definition) is 1. The van der Waals surface area contributed by atoms with Gasteiger partial charge in [-0.15, -0.1) is 0 Å². The number of carbonyl (C=O) groups excluding carboxylic acids is 1. The summed E-state index contributed by atoms with van der Waals surface area (Å²) in [6, 6.07) is 0. The van der Waals surface area contributed by atoms with Gasteiger partial charge >= 0.3 is 0 Å². The summed E-state index contributed by atoms with van der Waals surface area (Å²) in [7, 11) is 0.887. The molecule has 0 spiro atoms. The highest BCUT2D eigenvalue weighted by Gasteiger charge is 2.14. The minimum Gasteiger partial charge on any atom is -0.353 e. The van der Waals surface area contributed by atoms with Crippen LogP contribution in [0.25, 0.3) is 0 Å². The first-order valence-electron chi connectivity index (χ1n) is 2.20. The van der Waals surface area contributed by atoms with E-state index in [1.54, 1.807) is 0 Å². The molecular weight excluding hydrogens is 110 g/mol. The molecule has 1 heterocycles. The maximum absolute atomic E-state index is 10.2. The van der Waals surface area contributed by atoms with E-state index in [1.807, 2.05) is 0 Å². The summed E-state index contributed by atoms with van der Waals surface area (Å²) in [5.41, 5.74) is 0. The number of carbonyl (C=O) groups is 1. The normalized spacial score (nSPS) is 30.9. The zero-order chi connectivity index (χ0) is 5.28. The number of ether oxygens (including phenoxy) is 1. The first kappa shape index (κ1) is 4.80. The van der Waals surface area contributed by atoms with Gasteiger partial charge in [0.1, 0.15) is 12.5 Å². The summed E-state index contributed by atoms with van der Waals surface area (Å²) in [5.74, 6) is 0.0764. The second-order valence-corrected chi connectivity index (χ2v) is 2.57. The summed E-state index contributed by atoms with van der Waals surface area (Å²) < 4.78 is 4.87. The van der Waals surface area contributed by atoms with Gasteiger partial charge in [-0.3, -0.25) is 4.79 Å². The minimum atomic E-state index is 0.0139. The van der Waals surface area contributed by atoms with Crippen molar-refractivity contribution < 1.29 is 9.53 Å². The lowest BCUT2D eigenvalue weighted by atomic mass is 10.7. The zero-order valence-corrected chi connectivity index (χ0v) is 6.10. The lowest BCUT2D eigenvalue weighted by molar-refractivity contribution is -0.119. The molecule has 0 aliphatic carbocycles. The van der Waals surface area contributed by atoms with Crippen molar-refractivity contribution >= 4 is 16.1 Å². The molecule has 1 amide bonds. The third-order valence-corrected chi connectivity index (χ3v) is 1.45. The van der Waals surface area contributed by atoms with Crippen molar-refractivity contribution in [3.05, 3.63) is 0 Å². The molecule has 7 heavy (non-hydrogen) atoms. The van der Waals surface area contributed by atoms with Crippen molar-refractivity contribution in [3.63, 3.8) is 0 Å². The van der Waals surface area contributed by atoms with Gasteiger partial charge in [0.2, 0.25) is 5.91 Å². The Balaban J connectivity index is 2.40. The molecule has 1 aliphatic rings. The molecule has 0 radical (unpaired) electrons. The summed E-state index contributed by atoms with van der Waals surface area (Å²) in [6.45, 7) is 0.258. The van der Waals surface area contributed by atoms with E-state index in [2.05, 4.69) is 5.32 Å². The molecule has 0 bridgehead atoms. The summed E-state index contributed by atoms with van der Waals surface area (Å²) in [5, 5.41) is 2.62. The van der Waals surface area contributed by atoms with Gasteiger partial charge in [-0.1, -0.05) is 0 Å².